The van der Waals surface area contributed by atoms with Crippen molar-refractivity contribution in [1.29, 1.82) is 0 Å². The van der Waals surface area contributed by atoms with Gasteiger partial charge in [0.15, 0.2) is 0 Å². The number of nitrogens with zero attached hydrogens (tertiary/aromatic N) is 4. The largest absolute Gasteiger partial charge is 0.359 e. The molecular formula is C11H19ClN4. The summed E-state index contributed by atoms with van der Waals surface area (Å²) < 4.78 is 0. The van der Waals surface area contributed by atoms with Gasteiger partial charge in [-0.15, -0.1) is 0 Å². The van der Waals surface area contributed by atoms with Crippen LogP contribution in [-0.2, 0) is 0 Å². The van der Waals surface area contributed by atoms with Crippen molar-refractivity contribution in [1.82, 2.24) is 14.9 Å². The van der Waals surface area contributed by atoms with E-state index in [0.29, 0.717) is 5.15 Å². The van der Waals surface area contributed by atoms with E-state index in [-0.39, 0.29) is 0 Å². The summed E-state index contributed by atoms with van der Waals surface area (Å²) in [5.74, 6) is 0.916. The summed E-state index contributed by atoms with van der Waals surface area (Å²) in [6.07, 6.45) is 2.61. The van der Waals surface area contributed by atoms with E-state index in [4.69, 9.17) is 11.6 Å². The van der Waals surface area contributed by atoms with Crippen LogP contribution in [0.1, 0.15) is 12.0 Å². The minimum absolute atomic E-state index is 0.532. The van der Waals surface area contributed by atoms with Crippen molar-refractivity contribution in [2.24, 2.45) is 0 Å². The molecule has 5 heteroatoms. The molecule has 0 atom stereocenters. The average molecular weight is 243 g/mol. The van der Waals surface area contributed by atoms with Gasteiger partial charge < -0.3 is 9.80 Å². The van der Waals surface area contributed by atoms with Gasteiger partial charge in [0.05, 0.1) is 0 Å². The van der Waals surface area contributed by atoms with Gasteiger partial charge >= 0.3 is 0 Å². The summed E-state index contributed by atoms with van der Waals surface area (Å²) >= 11 is 5.96. The minimum atomic E-state index is 0.532. The Kier molecular flexibility index (Phi) is 4.96. The highest BCUT2D eigenvalue weighted by atomic mass is 35.5. The van der Waals surface area contributed by atoms with Crippen molar-refractivity contribution >= 4 is 17.4 Å². The predicted molar refractivity (Wildman–Crippen MR) is 68.2 cm³/mol. The Labute approximate surface area is 102 Å². The Balaban J connectivity index is 2.59. The molecule has 0 aliphatic heterocycles. The van der Waals surface area contributed by atoms with Crippen molar-refractivity contribution in [3.63, 3.8) is 0 Å². The lowest BCUT2D eigenvalue weighted by molar-refractivity contribution is 0.401. The maximum atomic E-state index is 5.96. The highest BCUT2D eigenvalue weighted by Gasteiger charge is 2.09. The number of aromatic nitrogens is 2. The third kappa shape index (κ3) is 3.61. The Morgan fingerprint density at radius 3 is 2.50 bits per heavy atom. The van der Waals surface area contributed by atoms with Gasteiger partial charge in [0.25, 0.3) is 0 Å². The lowest BCUT2D eigenvalue weighted by Crippen LogP contribution is -2.24. The van der Waals surface area contributed by atoms with Crippen molar-refractivity contribution in [3.05, 3.63) is 17.0 Å². The molecule has 0 aromatic carbocycles. The quantitative estimate of drug-likeness (QED) is 0.738. The van der Waals surface area contributed by atoms with Gasteiger partial charge in [-0.1, -0.05) is 11.6 Å². The van der Waals surface area contributed by atoms with Crippen LogP contribution in [0.4, 0.5) is 5.82 Å². The van der Waals surface area contributed by atoms with Crippen molar-refractivity contribution in [2.45, 2.75) is 13.3 Å². The van der Waals surface area contributed by atoms with Gasteiger partial charge in [0.1, 0.15) is 17.3 Å². The third-order valence-electron chi connectivity index (χ3n) is 2.46. The van der Waals surface area contributed by atoms with Crippen molar-refractivity contribution < 1.29 is 0 Å². The fourth-order valence-corrected chi connectivity index (χ4v) is 1.66. The summed E-state index contributed by atoms with van der Waals surface area (Å²) in [6, 6.07) is 0. The van der Waals surface area contributed by atoms with Gasteiger partial charge in [-0.25, -0.2) is 9.97 Å². The number of anilines is 1. The molecule has 0 aliphatic carbocycles. The summed E-state index contributed by atoms with van der Waals surface area (Å²) in [5.41, 5.74) is 0.941. The van der Waals surface area contributed by atoms with E-state index < -0.39 is 0 Å². The highest BCUT2D eigenvalue weighted by Crippen LogP contribution is 2.20. The van der Waals surface area contributed by atoms with Crippen LogP contribution in [0.3, 0.4) is 0 Å². The SMILES string of the molecule is Cc1c(Cl)ncnc1N(C)CCCN(C)C. The van der Waals surface area contributed by atoms with Crippen LogP contribution in [0.15, 0.2) is 6.33 Å². The normalized spacial score (nSPS) is 10.9. The Morgan fingerprint density at radius 2 is 1.88 bits per heavy atom. The molecule has 0 aliphatic rings. The van der Waals surface area contributed by atoms with Gasteiger partial charge in [0, 0.05) is 19.2 Å². The van der Waals surface area contributed by atoms with E-state index in [1.165, 1.54) is 6.33 Å². The molecule has 0 fully saturated rings. The van der Waals surface area contributed by atoms with E-state index in [0.717, 1.165) is 30.9 Å². The van der Waals surface area contributed by atoms with Crippen LogP contribution in [0.5, 0.6) is 0 Å². The summed E-state index contributed by atoms with van der Waals surface area (Å²) in [4.78, 5) is 12.5. The molecule has 0 amide bonds. The fourth-order valence-electron chi connectivity index (χ4n) is 1.54. The van der Waals surface area contributed by atoms with E-state index >= 15 is 0 Å². The molecule has 0 saturated carbocycles. The zero-order valence-electron chi connectivity index (χ0n) is 10.4. The first-order valence-electron chi connectivity index (χ1n) is 5.35. The van der Waals surface area contributed by atoms with E-state index in [1.807, 2.05) is 14.0 Å². The third-order valence-corrected chi connectivity index (χ3v) is 2.84. The number of hydrogen-bond donors (Lipinski definition) is 0. The zero-order chi connectivity index (χ0) is 12.1. The zero-order valence-corrected chi connectivity index (χ0v) is 11.1. The van der Waals surface area contributed by atoms with Crippen LogP contribution in [-0.4, -0.2) is 49.1 Å². The van der Waals surface area contributed by atoms with E-state index in [9.17, 15) is 0 Å². The topological polar surface area (TPSA) is 32.3 Å². The van der Waals surface area contributed by atoms with Crippen LogP contribution in [0, 0.1) is 6.92 Å². The predicted octanol–water partition coefficient (Wildman–Crippen LogP) is 1.83. The number of rotatable bonds is 5. The second-order valence-corrected chi connectivity index (χ2v) is 4.55. The summed E-state index contributed by atoms with van der Waals surface area (Å²) in [6.45, 7) is 3.98. The average Bonchev–Trinajstić information content (AvgIpc) is 2.21. The van der Waals surface area contributed by atoms with Crippen molar-refractivity contribution in [3.8, 4) is 0 Å². The maximum Gasteiger partial charge on any atom is 0.137 e. The summed E-state index contributed by atoms with van der Waals surface area (Å²) in [5, 5.41) is 0.532. The first kappa shape index (κ1) is 13.2. The van der Waals surface area contributed by atoms with Crippen LogP contribution < -0.4 is 4.90 Å². The molecule has 90 valence electrons. The Bertz CT molecular complexity index is 341. The van der Waals surface area contributed by atoms with E-state index in [2.05, 4.69) is 33.9 Å². The second kappa shape index (κ2) is 6.01. The molecule has 16 heavy (non-hydrogen) atoms. The molecule has 0 bridgehead atoms. The monoisotopic (exact) mass is 242 g/mol. The maximum absolute atomic E-state index is 5.96. The van der Waals surface area contributed by atoms with Crippen molar-refractivity contribution in [2.75, 3.05) is 39.1 Å². The molecule has 0 N–H and O–H groups in total. The summed E-state index contributed by atoms with van der Waals surface area (Å²) in [7, 11) is 6.18. The van der Waals surface area contributed by atoms with Gasteiger partial charge in [-0.2, -0.15) is 0 Å². The molecule has 0 radical (unpaired) electrons. The molecule has 1 aromatic rings. The molecule has 0 saturated heterocycles. The lowest BCUT2D eigenvalue weighted by atomic mass is 10.3. The molecule has 0 spiro atoms. The number of hydrogen-bond acceptors (Lipinski definition) is 4. The first-order valence-corrected chi connectivity index (χ1v) is 5.73. The molecular weight excluding hydrogens is 224 g/mol. The number of halogens is 1. The minimum Gasteiger partial charge on any atom is -0.359 e. The van der Waals surface area contributed by atoms with Crippen LogP contribution >= 0.6 is 11.6 Å². The molecule has 4 nitrogen and oxygen atoms in total. The first-order chi connectivity index (χ1) is 7.52. The smallest absolute Gasteiger partial charge is 0.137 e. The lowest BCUT2D eigenvalue weighted by Gasteiger charge is -2.21. The molecule has 1 aromatic heterocycles. The molecule has 1 rings (SSSR count). The van der Waals surface area contributed by atoms with Crippen LogP contribution in [0.2, 0.25) is 5.15 Å². The van der Waals surface area contributed by atoms with Crippen LogP contribution in [0.25, 0.3) is 0 Å². The molecule has 0 unspecified atom stereocenters. The van der Waals surface area contributed by atoms with Gasteiger partial charge in [-0.05, 0) is 34.0 Å². The van der Waals surface area contributed by atoms with E-state index in [1.54, 1.807) is 0 Å². The van der Waals surface area contributed by atoms with Gasteiger partial charge in [-0.3, -0.25) is 0 Å². The standard InChI is InChI=1S/C11H19ClN4/c1-9-10(12)13-8-14-11(9)16(4)7-5-6-15(2)3/h8H,5-7H2,1-4H3. The van der Waals surface area contributed by atoms with Gasteiger partial charge in [0.2, 0.25) is 0 Å². The Morgan fingerprint density at radius 1 is 1.19 bits per heavy atom. The Hall–Kier alpha value is -0.870. The molecule has 1 heterocycles. The second-order valence-electron chi connectivity index (χ2n) is 4.19. The fraction of sp³-hybridized carbons (Fsp3) is 0.636. The highest BCUT2D eigenvalue weighted by molar-refractivity contribution is 6.30.